The molecule has 9 heavy (non-hydrogen) atoms. The maximum absolute atomic E-state index is 12.3. The summed E-state index contributed by atoms with van der Waals surface area (Å²) in [5.74, 6) is -2.42. The Balaban J connectivity index is 2.28. The average Bonchev–Trinajstić information content (AvgIpc) is 1.81. The van der Waals surface area contributed by atoms with Gasteiger partial charge in [-0.25, -0.2) is 8.78 Å². The lowest BCUT2D eigenvalue weighted by Crippen LogP contribution is -2.53. The van der Waals surface area contributed by atoms with Gasteiger partial charge in [-0.3, -0.25) is 0 Å². The molecule has 3 heteroatoms. The van der Waals surface area contributed by atoms with Crippen molar-refractivity contribution in [1.29, 1.82) is 0 Å². The molecular weight excluding hydrogens is 124 g/mol. The standard InChI is InChI=1S/C6H11F2N/c1-2-9-5-3-4-6(5,7)8/h5,9H,2-4H2,1H3/t5-/m0/s1. The Kier molecular flexibility index (Phi) is 1.70. The van der Waals surface area contributed by atoms with Gasteiger partial charge in [-0.05, 0) is 13.0 Å². The van der Waals surface area contributed by atoms with Crippen molar-refractivity contribution in [3.8, 4) is 0 Å². The molecule has 0 aliphatic heterocycles. The summed E-state index contributed by atoms with van der Waals surface area (Å²) in [5, 5.41) is 2.72. The third-order valence-electron chi connectivity index (χ3n) is 1.73. The first-order valence-corrected chi connectivity index (χ1v) is 3.28. The van der Waals surface area contributed by atoms with Crippen molar-refractivity contribution < 1.29 is 8.78 Å². The molecule has 0 aromatic heterocycles. The molecular formula is C6H11F2N. The topological polar surface area (TPSA) is 12.0 Å². The second kappa shape index (κ2) is 2.21. The van der Waals surface area contributed by atoms with E-state index >= 15 is 0 Å². The maximum Gasteiger partial charge on any atom is 0.263 e. The van der Waals surface area contributed by atoms with Crippen molar-refractivity contribution >= 4 is 0 Å². The van der Waals surface area contributed by atoms with E-state index in [0.29, 0.717) is 13.0 Å². The minimum atomic E-state index is -2.42. The van der Waals surface area contributed by atoms with Crippen molar-refractivity contribution in [1.82, 2.24) is 5.32 Å². The summed E-state index contributed by atoms with van der Waals surface area (Å²) in [4.78, 5) is 0. The first-order valence-electron chi connectivity index (χ1n) is 3.28. The lowest BCUT2D eigenvalue weighted by atomic mass is 9.88. The molecule has 0 spiro atoms. The van der Waals surface area contributed by atoms with E-state index in [1.165, 1.54) is 0 Å². The number of rotatable bonds is 2. The fourth-order valence-electron chi connectivity index (χ4n) is 1.00. The molecule has 1 rings (SSSR count). The molecule has 1 N–H and O–H groups in total. The summed E-state index contributed by atoms with van der Waals surface area (Å²) in [6, 6.07) is -0.539. The highest BCUT2D eigenvalue weighted by atomic mass is 19.3. The van der Waals surface area contributed by atoms with Gasteiger partial charge >= 0.3 is 0 Å². The molecule has 0 bridgehead atoms. The van der Waals surface area contributed by atoms with Crippen LogP contribution in [0, 0.1) is 0 Å². The number of halogens is 2. The van der Waals surface area contributed by atoms with Gasteiger partial charge < -0.3 is 5.32 Å². The SMILES string of the molecule is CCN[C@H]1CCC1(F)F. The highest BCUT2D eigenvalue weighted by Crippen LogP contribution is 2.37. The van der Waals surface area contributed by atoms with Crippen LogP contribution in [0.4, 0.5) is 8.78 Å². The van der Waals surface area contributed by atoms with Crippen LogP contribution in [0.5, 0.6) is 0 Å². The van der Waals surface area contributed by atoms with Gasteiger partial charge in [0.15, 0.2) is 0 Å². The van der Waals surface area contributed by atoms with Crippen LogP contribution in [-0.4, -0.2) is 18.5 Å². The van der Waals surface area contributed by atoms with Crippen LogP contribution in [0.25, 0.3) is 0 Å². The van der Waals surface area contributed by atoms with E-state index in [1.807, 2.05) is 6.92 Å². The van der Waals surface area contributed by atoms with Crippen molar-refractivity contribution in [3.05, 3.63) is 0 Å². The second-order valence-corrected chi connectivity index (χ2v) is 2.41. The van der Waals surface area contributed by atoms with Crippen LogP contribution in [-0.2, 0) is 0 Å². The Hall–Kier alpha value is -0.180. The van der Waals surface area contributed by atoms with Gasteiger partial charge in [0.1, 0.15) is 0 Å². The normalized spacial score (nSPS) is 31.7. The molecule has 1 saturated carbocycles. The van der Waals surface area contributed by atoms with Crippen LogP contribution in [0.3, 0.4) is 0 Å². The van der Waals surface area contributed by atoms with Crippen molar-refractivity contribution in [3.63, 3.8) is 0 Å². The van der Waals surface area contributed by atoms with Gasteiger partial charge in [0, 0.05) is 6.42 Å². The summed E-state index contributed by atoms with van der Waals surface area (Å²) in [6.45, 7) is 2.48. The second-order valence-electron chi connectivity index (χ2n) is 2.41. The Morgan fingerprint density at radius 1 is 1.67 bits per heavy atom. The molecule has 1 nitrogen and oxygen atoms in total. The third kappa shape index (κ3) is 1.21. The average molecular weight is 135 g/mol. The third-order valence-corrected chi connectivity index (χ3v) is 1.73. The Labute approximate surface area is 53.4 Å². The number of nitrogens with one attached hydrogen (secondary N) is 1. The van der Waals surface area contributed by atoms with Gasteiger partial charge in [-0.1, -0.05) is 6.92 Å². The Morgan fingerprint density at radius 3 is 2.44 bits per heavy atom. The molecule has 0 aromatic carbocycles. The smallest absolute Gasteiger partial charge is 0.263 e. The molecule has 0 amide bonds. The van der Waals surface area contributed by atoms with E-state index in [9.17, 15) is 8.78 Å². The fraction of sp³-hybridized carbons (Fsp3) is 1.00. The first kappa shape index (κ1) is 6.93. The van der Waals surface area contributed by atoms with Crippen LogP contribution < -0.4 is 5.32 Å². The first-order chi connectivity index (χ1) is 4.17. The Bertz CT molecular complexity index is 103. The molecule has 0 aromatic rings. The lowest BCUT2D eigenvalue weighted by molar-refractivity contribution is -0.105. The van der Waals surface area contributed by atoms with Crippen LogP contribution in [0.2, 0.25) is 0 Å². The minimum Gasteiger partial charge on any atom is -0.309 e. The van der Waals surface area contributed by atoms with Crippen molar-refractivity contribution in [2.75, 3.05) is 6.54 Å². The van der Waals surface area contributed by atoms with E-state index < -0.39 is 12.0 Å². The molecule has 0 heterocycles. The molecule has 54 valence electrons. The molecule has 0 saturated heterocycles. The monoisotopic (exact) mass is 135 g/mol. The lowest BCUT2D eigenvalue weighted by Gasteiger charge is -2.36. The van der Waals surface area contributed by atoms with Gasteiger partial charge in [-0.2, -0.15) is 0 Å². The van der Waals surface area contributed by atoms with Gasteiger partial charge in [0.2, 0.25) is 0 Å². The van der Waals surface area contributed by atoms with Crippen molar-refractivity contribution in [2.24, 2.45) is 0 Å². The zero-order valence-corrected chi connectivity index (χ0v) is 5.45. The molecule has 1 aliphatic rings. The predicted octanol–water partition coefficient (Wildman–Crippen LogP) is 1.39. The summed E-state index contributed by atoms with van der Waals surface area (Å²) in [7, 11) is 0. The zero-order chi connectivity index (χ0) is 6.91. The summed E-state index contributed by atoms with van der Waals surface area (Å²) >= 11 is 0. The number of alkyl halides is 2. The molecule has 1 aliphatic carbocycles. The number of hydrogen-bond donors (Lipinski definition) is 1. The molecule has 0 radical (unpaired) electrons. The maximum atomic E-state index is 12.3. The van der Waals surface area contributed by atoms with Gasteiger partial charge in [0.05, 0.1) is 6.04 Å². The molecule has 1 atom stereocenters. The fourth-order valence-corrected chi connectivity index (χ4v) is 1.00. The van der Waals surface area contributed by atoms with Gasteiger partial charge in [-0.15, -0.1) is 0 Å². The summed E-state index contributed by atoms with van der Waals surface area (Å²) < 4.78 is 24.7. The van der Waals surface area contributed by atoms with E-state index in [0.717, 1.165) is 0 Å². The van der Waals surface area contributed by atoms with Gasteiger partial charge in [0.25, 0.3) is 5.92 Å². The van der Waals surface area contributed by atoms with Crippen molar-refractivity contribution in [2.45, 2.75) is 31.7 Å². The minimum absolute atomic E-state index is 0.0602. The van der Waals surface area contributed by atoms with E-state index in [2.05, 4.69) is 5.32 Å². The van der Waals surface area contributed by atoms with E-state index in [4.69, 9.17) is 0 Å². The van der Waals surface area contributed by atoms with Crippen LogP contribution in [0.1, 0.15) is 19.8 Å². The van der Waals surface area contributed by atoms with E-state index in [-0.39, 0.29) is 6.42 Å². The summed E-state index contributed by atoms with van der Waals surface area (Å²) in [5.41, 5.74) is 0. The van der Waals surface area contributed by atoms with Crippen LogP contribution in [0.15, 0.2) is 0 Å². The molecule has 1 fully saturated rings. The highest BCUT2D eigenvalue weighted by Gasteiger charge is 2.47. The zero-order valence-electron chi connectivity index (χ0n) is 5.45. The summed E-state index contributed by atoms with van der Waals surface area (Å²) in [6.07, 6.45) is 0.686. The quantitative estimate of drug-likeness (QED) is 0.603. The largest absolute Gasteiger partial charge is 0.309 e. The molecule has 0 unspecified atom stereocenters. The predicted molar refractivity (Wildman–Crippen MR) is 31.6 cm³/mol. The van der Waals surface area contributed by atoms with E-state index in [1.54, 1.807) is 0 Å². The van der Waals surface area contributed by atoms with Crippen LogP contribution >= 0.6 is 0 Å². The highest BCUT2D eigenvalue weighted by molar-refractivity contribution is 4.93. The Morgan fingerprint density at radius 2 is 2.33 bits per heavy atom. The number of hydrogen-bond acceptors (Lipinski definition) is 1.